The van der Waals surface area contributed by atoms with Gasteiger partial charge in [-0.2, -0.15) is 5.10 Å². The van der Waals surface area contributed by atoms with Crippen molar-refractivity contribution < 1.29 is 5.11 Å². The van der Waals surface area contributed by atoms with Crippen molar-refractivity contribution in [2.45, 2.75) is 0 Å². The predicted molar refractivity (Wildman–Crippen MR) is 96.4 cm³/mol. The summed E-state index contributed by atoms with van der Waals surface area (Å²) in [5.74, 6) is 0.932. The van der Waals surface area contributed by atoms with E-state index in [1.54, 1.807) is 36.7 Å². The number of aromatic hydroxyl groups is 1. The molecule has 0 aliphatic carbocycles. The lowest BCUT2D eigenvalue weighted by atomic mass is 10.1. The molecule has 6 heteroatoms. The Hall–Kier alpha value is -3.67. The minimum atomic E-state index is 0.227. The van der Waals surface area contributed by atoms with Gasteiger partial charge in [-0.15, -0.1) is 0 Å². The number of pyridine rings is 2. The topological polar surface area (TPSA) is 86.7 Å². The number of aromatic nitrogens is 4. The first-order chi connectivity index (χ1) is 12.3. The number of phenolic OH excluding ortho intramolecular Hbond substituents is 1. The minimum Gasteiger partial charge on any atom is -0.508 e. The minimum absolute atomic E-state index is 0.227. The van der Waals surface area contributed by atoms with Crippen LogP contribution in [0.1, 0.15) is 0 Å². The smallest absolute Gasteiger partial charge is 0.130 e. The van der Waals surface area contributed by atoms with Crippen LogP contribution < -0.4 is 5.32 Å². The van der Waals surface area contributed by atoms with E-state index in [4.69, 9.17) is 0 Å². The highest BCUT2D eigenvalue weighted by Gasteiger charge is 2.12. The van der Waals surface area contributed by atoms with Crippen molar-refractivity contribution in [1.29, 1.82) is 0 Å². The maximum Gasteiger partial charge on any atom is 0.130 e. The molecule has 3 aromatic heterocycles. The van der Waals surface area contributed by atoms with Gasteiger partial charge in [-0.1, -0.05) is 6.07 Å². The van der Waals surface area contributed by atoms with Gasteiger partial charge < -0.3 is 10.4 Å². The van der Waals surface area contributed by atoms with Crippen LogP contribution in [0.5, 0.6) is 5.75 Å². The van der Waals surface area contributed by atoms with Gasteiger partial charge in [0.15, 0.2) is 0 Å². The number of H-pyrrole nitrogens is 1. The van der Waals surface area contributed by atoms with Gasteiger partial charge in [0.2, 0.25) is 0 Å². The van der Waals surface area contributed by atoms with Gasteiger partial charge in [0.05, 0.1) is 5.69 Å². The van der Waals surface area contributed by atoms with Gasteiger partial charge >= 0.3 is 0 Å². The zero-order valence-electron chi connectivity index (χ0n) is 13.2. The molecule has 0 aliphatic rings. The van der Waals surface area contributed by atoms with Crippen molar-refractivity contribution in [3.8, 4) is 28.3 Å². The number of benzene rings is 1. The highest BCUT2D eigenvalue weighted by atomic mass is 16.3. The Balaban J connectivity index is 1.67. The van der Waals surface area contributed by atoms with Crippen LogP contribution in [0.3, 0.4) is 0 Å². The Morgan fingerprint density at radius 2 is 1.80 bits per heavy atom. The molecule has 25 heavy (non-hydrogen) atoms. The first-order valence-corrected chi connectivity index (χ1v) is 7.77. The first kappa shape index (κ1) is 14.9. The van der Waals surface area contributed by atoms with E-state index < -0.39 is 0 Å². The molecule has 122 valence electrons. The Morgan fingerprint density at radius 1 is 0.920 bits per heavy atom. The van der Waals surface area contributed by atoms with Crippen LogP contribution in [0.2, 0.25) is 0 Å². The number of hydrogen-bond acceptors (Lipinski definition) is 5. The van der Waals surface area contributed by atoms with Gasteiger partial charge in [0.25, 0.3) is 0 Å². The Kier molecular flexibility index (Phi) is 3.84. The second-order valence-corrected chi connectivity index (χ2v) is 5.46. The lowest BCUT2D eigenvalue weighted by Crippen LogP contribution is -1.93. The molecule has 6 nitrogen and oxygen atoms in total. The molecule has 3 N–H and O–H groups in total. The third-order valence-electron chi connectivity index (χ3n) is 3.76. The molecule has 0 aliphatic heterocycles. The highest BCUT2D eigenvalue weighted by molar-refractivity contribution is 5.80. The van der Waals surface area contributed by atoms with Crippen molar-refractivity contribution in [2.24, 2.45) is 0 Å². The summed E-state index contributed by atoms with van der Waals surface area (Å²) in [7, 11) is 0. The zero-order chi connectivity index (χ0) is 17.1. The summed E-state index contributed by atoms with van der Waals surface area (Å²) in [5, 5.41) is 19.8. The largest absolute Gasteiger partial charge is 0.508 e. The zero-order valence-corrected chi connectivity index (χ0v) is 13.2. The maximum atomic E-state index is 9.37. The van der Waals surface area contributed by atoms with Crippen LogP contribution >= 0.6 is 0 Å². The average Bonchev–Trinajstić information content (AvgIpc) is 3.15. The summed E-state index contributed by atoms with van der Waals surface area (Å²) in [6, 6.07) is 16.5. The van der Waals surface area contributed by atoms with Crippen molar-refractivity contribution in [2.75, 3.05) is 5.32 Å². The third kappa shape index (κ3) is 3.18. The summed E-state index contributed by atoms with van der Waals surface area (Å²) >= 11 is 0. The molecule has 4 rings (SSSR count). The normalized spacial score (nSPS) is 10.6. The molecule has 0 atom stereocenters. The quantitative estimate of drug-likeness (QED) is 0.493. The molecule has 0 fully saturated rings. The van der Waals surface area contributed by atoms with E-state index in [2.05, 4.69) is 25.5 Å². The fourth-order valence-electron chi connectivity index (χ4n) is 2.57. The average molecular weight is 329 g/mol. The molecule has 0 bridgehead atoms. The molecule has 0 unspecified atom stereocenters. The Labute approximate surface area is 144 Å². The standard InChI is InChI=1S/C19H15N5O/c25-15-6-4-14(5-7-15)23-18-11-13(8-10-21-18)16-12-22-24-19(16)17-3-1-2-9-20-17/h1-12,25H,(H,21,23)(H,22,24). The number of anilines is 2. The van der Waals surface area contributed by atoms with Crippen LogP contribution in [-0.2, 0) is 0 Å². The first-order valence-electron chi connectivity index (χ1n) is 7.77. The second-order valence-electron chi connectivity index (χ2n) is 5.46. The molecule has 0 radical (unpaired) electrons. The fourth-order valence-corrected chi connectivity index (χ4v) is 2.57. The van der Waals surface area contributed by atoms with Crippen molar-refractivity contribution in [1.82, 2.24) is 20.2 Å². The van der Waals surface area contributed by atoms with Gasteiger partial charge in [0.1, 0.15) is 17.3 Å². The molecule has 3 heterocycles. The number of nitrogens with zero attached hydrogens (tertiary/aromatic N) is 3. The van der Waals surface area contributed by atoms with Crippen molar-refractivity contribution >= 4 is 11.5 Å². The van der Waals surface area contributed by atoms with Crippen LogP contribution in [-0.4, -0.2) is 25.3 Å². The number of aromatic amines is 1. The van der Waals surface area contributed by atoms with Gasteiger partial charge in [-0.3, -0.25) is 10.1 Å². The SMILES string of the molecule is Oc1ccc(Nc2cc(-c3c[nH]nc3-c3ccccn3)ccn2)cc1. The summed E-state index contributed by atoms with van der Waals surface area (Å²) in [5.41, 5.74) is 4.38. The van der Waals surface area contributed by atoms with E-state index in [9.17, 15) is 5.11 Å². The monoisotopic (exact) mass is 329 g/mol. The molecule has 0 amide bonds. The highest BCUT2D eigenvalue weighted by Crippen LogP contribution is 2.30. The molecule has 0 spiro atoms. The van der Waals surface area contributed by atoms with Crippen molar-refractivity contribution in [3.05, 3.63) is 73.2 Å². The predicted octanol–water partition coefficient (Wildman–Crippen LogP) is 3.98. The van der Waals surface area contributed by atoms with Crippen LogP contribution in [0.15, 0.2) is 73.2 Å². The van der Waals surface area contributed by atoms with E-state index in [0.717, 1.165) is 28.2 Å². The molecule has 0 saturated carbocycles. The molecular formula is C19H15N5O. The molecule has 0 saturated heterocycles. The van der Waals surface area contributed by atoms with Crippen LogP contribution in [0.4, 0.5) is 11.5 Å². The number of phenols is 1. The third-order valence-corrected chi connectivity index (χ3v) is 3.76. The summed E-state index contributed by atoms with van der Waals surface area (Å²) < 4.78 is 0. The molecular weight excluding hydrogens is 314 g/mol. The summed E-state index contributed by atoms with van der Waals surface area (Å²) in [6.45, 7) is 0. The van der Waals surface area contributed by atoms with Gasteiger partial charge in [-0.05, 0) is 54.1 Å². The Morgan fingerprint density at radius 3 is 2.60 bits per heavy atom. The number of hydrogen-bond donors (Lipinski definition) is 3. The van der Waals surface area contributed by atoms with Crippen molar-refractivity contribution in [3.63, 3.8) is 0 Å². The van der Waals surface area contributed by atoms with E-state index in [1.807, 2.05) is 36.5 Å². The van der Waals surface area contributed by atoms with E-state index in [-0.39, 0.29) is 5.75 Å². The summed E-state index contributed by atoms with van der Waals surface area (Å²) in [4.78, 5) is 8.72. The number of nitrogens with one attached hydrogen (secondary N) is 2. The van der Waals surface area contributed by atoms with Gasteiger partial charge in [0, 0.05) is 29.8 Å². The summed E-state index contributed by atoms with van der Waals surface area (Å²) in [6.07, 6.45) is 5.34. The number of rotatable bonds is 4. The lowest BCUT2D eigenvalue weighted by Gasteiger charge is -2.08. The van der Waals surface area contributed by atoms with Crippen LogP contribution in [0.25, 0.3) is 22.5 Å². The maximum absolute atomic E-state index is 9.37. The molecule has 1 aromatic carbocycles. The fraction of sp³-hybridized carbons (Fsp3) is 0. The lowest BCUT2D eigenvalue weighted by molar-refractivity contribution is 0.475. The van der Waals surface area contributed by atoms with E-state index in [1.165, 1.54) is 0 Å². The van der Waals surface area contributed by atoms with Crippen LogP contribution in [0, 0.1) is 0 Å². The van der Waals surface area contributed by atoms with E-state index in [0.29, 0.717) is 5.82 Å². The molecule has 4 aromatic rings. The second kappa shape index (κ2) is 6.45. The van der Waals surface area contributed by atoms with Gasteiger partial charge in [-0.25, -0.2) is 4.98 Å². The Bertz CT molecular complexity index is 980. The van der Waals surface area contributed by atoms with E-state index >= 15 is 0 Å².